The molecule has 23 heavy (non-hydrogen) atoms. The van der Waals surface area contributed by atoms with Gasteiger partial charge in [0.15, 0.2) is 0 Å². The molecule has 1 heterocycles. The van der Waals surface area contributed by atoms with Crippen molar-refractivity contribution in [3.63, 3.8) is 0 Å². The summed E-state index contributed by atoms with van der Waals surface area (Å²) < 4.78 is 5.60. The zero-order chi connectivity index (χ0) is 16.5. The summed E-state index contributed by atoms with van der Waals surface area (Å²) in [5.41, 5.74) is 1.14. The number of benzene rings is 1. The van der Waals surface area contributed by atoms with Crippen molar-refractivity contribution in [3.05, 3.63) is 30.5 Å². The third-order valence-electron chi connectivity index (χ3n) is 4.99. The standard InChI is InChI=1S/C8H5N2.3C4H9.Sn/c1-2-4-8-7(3-1)5-9-6-10-8;3*1-3-4-2;/h1-5H;3*1,3-4H2,2H3;. The third-order valence-corrected chi connectivity index (χ3v) is 19.6. The van der Waals surface area contributed by atoms with E-state index in [4.69, 9.17) is 9.97 Å². The molecule has 0 saturated heterocycles. The number of unbranched alkanes of at least 4 members (excludes halogenated alkanes) is 3. The van der Waals surface area contributed by atoms with Gasteiger partial charge in [-0.05, 0) is 0 Å². The zero-order valence-electron chi connectivity index (χ0n) is 15.1. The van der Waals surface area contributed by atoms with Crippen LogP contribution in [0.3, 0.4) is 0 Å². The number of hydrogen-bond acceptors (Lipinski definition) is 2. The Balaban J connectivity index is 2.41. The van der Waals surface area contributed by atoms with E-state index in [2.05, 4.69) is 51.2 Å². The van der Waals surface area contributed by atoms with Crippen molar-refractivity contribution in [2.24, 2.45) is 0 Å². The van der Waals surface area contributed by atoms with Crippen molar-refractivity contribution in [1.29, 1.82) is 0 Å². The Hall–Kier alpha value is -0.641. The van der Waals surface area contributed by atoms with Crippen LogP contribution in [0.5, 0.6) is 0 Å². The van der Waals surface area contributed by atoms with Crippen LogP contribution in [0, 0.1) is 0 Å². The third kappa shape index (κ3) is 4.91. The first-order chi connectivity index (χ1) is 11.3. The summed E-state index contributed by atoms with van der Waals surface area (Å²) >= 11 is -2.47. The van der Waals surface area contributed by atoms with E-state index in [0.717, 1.165) is 5.52 Å². The van der Waals surface area contributed by atoms with Crippen molar-refractivity contribution >= 4 is 33.1 Å². The number of aromatic nitrogens is 2. The summed E-state index contributed by atoms with van der Waals surface area (Å²) in [6.07, 6.45) is 10.0. The van der Waals surface area contributed by atoms with Crippen LogP contribution in [-0.4, -0.2) is 28.3 Å². The van der Waals surface area contributed by atoms with Gasteiger partial charge in [-0.3, -0.25) is 0 Å². The molecule has 0 aliphatic rings. The first-order valence-corrected chi connectivity index (χ1v) is 17.0. The van der Waals surface area contributed by atoms with Crippen LogP contribution in [0.4, 0.5) is 0 Å². The molecule has 0 aliphatic heterocycles. The monoisotopic (exact) mass is 420 g/mol. The maximum atomic E-state index is 5.09. The Morgan fingerprint density at radius 3 is 1.96 bits per heavy atom. The van der Waals surface area contributed by atoms with E-state index in [9.17, 15) is 0 Å². The molecule has 0 unspecified atom stereocenters. The molecule has 0 radical (unpaired) electrons. The van der Waals surface area contributed by atoms with Crippen molar-refractivity contribution in [1.82, 2.24) is 9.97 Å². The number of fused-ring (bicyclic) bond motifs is 1. The van der Waals surface area contributed by atoms with Gasteiger partial charge in [0.1, 0.15) is 0 Å². The van der Waals surface area contributed by atoms with Gasteiger partial charge in [0.2, 0.25) is 0 Å². The second-order valence-corrected chi connectivity index (χ2v) is 19.7. The molecule has 126 valence electrons. The Bertz CT molecular complexity index is 575. The minimum atomic E-state index is -2.47. The van der Waals surface area contributed by atoms with Gasteiger partial charge in [-0.15, -0.1) is 0 Å². The zero-order valence-corrected chi connectivity index (χ0v) is 18.0. The molecular weight excluding hydrogens is 387 g/mol. The predicted molar refractivity (Wildman–Crippen MR) is 104 cm³/mol. The molecule has 3 heteroatoms. The SMILES string of the molecule is CCC[CH2][Sn]([CH2]CCC)([CH2]CCC)[c]1ncc2ccccc2n1. The molecule has 0 amide bonds. The van der Waals surface area contributed by atoms with Crippen LogP contribution in [0.25, 0.3) is 10.9 Å². The average molecular weight is 419 g/mol. The summed E-state index contributed by atoms with van der Waals surface area (Å²) in [5, 5.41) is 1.18. The number of rotatable bonds is 10. The number of nitrogens with zero attached hydrogens (tertiary/aromatic N) is 2. The maximum absolute atomic E-state index is 5.09. The molecule has 0 aliphatic carbocycles. The van der Waals surface area contributed by atoms with E-state index >= 15 is 0 Å². The molecule has 0 N–H and O–H groups in total. The fourth-order valence-corrected chi connectivity index (χ4v) is 18.3. The summed E-state index contributed by atoms with van der Waals surface area (Å²) in [7, 11) is 0. The van der Waals surface area contributed by atoms with Crippen LogP contribution in [0.1, 0.15) is 59.3 Å². The molecule has 0 spiro atoms. The second-order valence-electron chi connectivity index (χ2n) is 6.84. The van der Waals surface area contributed by atoms with E-state index in [-0.39, 0.29) is 0 Å². The molecule has 1 aromatic heterocycles. The first kappa shape index (κ1) is 18.7. The first-order valence-electron chi connectivity index (χ1n) is 9.48. The number of hydrogen-bond donors (Lipinski definition) is 0. The van der Waals surface area contributed by atoms with Gasteiger partial charge in [-0.1, -0.05) is 0 Å². The van der Waals surface area contributed by atoms with Gasteiger partial charge in [0.05, 0.1) is 0 Å². The van der Waals surface area contributed by atoms with Crippen LogP contribution < -0.4 is 3.84 Å². The Kier molecular flexibility index (Phi) is 7.81. The van der Waals surface area contributed by atoms with Crippen molar-refractivity contribution in [2.45, 2.75) is 72.6 Å². The van der Waals surface area contributed by atoms with Crippen molar-refractivity contribution < 1.29 is 0 Å². The molecular formula is C20H32N2Sn. The molecule has 2 rings (SSSR count). The summed E-state index contributed by atoms with van der Waals surface area (Å²) in [6, 6.07) is 8.45. The summed E-state index contributed by atoms with van der Waals surface area (Å²) in [5.74, 6) is 0. The van der Waals surface area contributed by atoms with Crippen LogP contribution in [0.15, 0.2) is 30.5 Å². The molecule has 2 aromatic rings. The fourth-order valence-electron chi connectivity index (χ4n) is 3.48. The van der Waals surface area contributed by atoms with Crippen molar-refractivity contribution in [2.75, 3.05) is 0 Å². The van der Waals surface area contributed by atoms with E-state index in [1.165, 1.54) is 61.1 Å². The van der Waals surface area contributed by atoms with E-state index in [1.807, 2.05) is 0 Å². The topological polar surface area (TPSA) is 25.8 Å². The fraction of sp³-hybridized carbons (Fsp3) is 0.600. The Morgan fingerprint density at radius 2 is 1.39 bits per heavy atom. The second kappa shape index (κ2) is 9.61. The van der Waals surface area contributed by atoms with Gasteiger partial charge >= 0.3 is 146 Å². The van der Waals surface area contributed by atoms with Gasteiger partial charge in [0.25, 0.3) is 0 Å². The average Bonchev–Trinajstić information content (AvgIpc) is 2.61. The molecule has 0 saturated carbocycles. The van der Waals surface area contributed by atoms with E-state index in [1.54, 1.807) is 0 Å². The molecule has 2 nitrogen and oxygen atoms in total. The molecule has 0 fully saturated rings. The van der Waals surface area contributed by atoms with Crippen molar-refractivity contribution in [3.8, 4) is 0 Å². The van der Waals surface area contributed by atoms with Gasteiger partial charge < -0.3 is 0 Å². The Labute approximate surface area is 146 Å². The quantitative estimate of drug-likeness (QED) is 0.463. The molecule has 1 aromatic carbocycles. The van der Waals surface area contributed by atoms with Crippen LogP contribution in [-0.2, 0) is 0 Å². The normalized spacial score (nSPS) is 12.0. The van der Waals surface area contributed by atoms with E-state index < -0.39 is 18.4 Å². The van der Waals surface area contributed by atoms with E-state index in [0.29, 0.717) is 0 Å². The summed E-state index contributed by atoms with van der Waals surface area (Å²) in [4.78, 5) is 10.0. The Morgan fingerprint density at radius 1 is 0.826 bits per heavy atom. The molecule has 0 bridgehead atoms. The van der Waals surface area contributed by atoms with Gasteiger partial charge in [-0.25, -0.2) is 0 Å². The van der Waals surface area contributed by atoms with Gasteiger partial charge in [-0.2, -0.15) is 0 Å². The predicted octanol–water partition coefficient (Wildman–Crippen LogP) is 5.69. The van der Waals surface area contributed by atoms with Gasteiger partial charge in [0, 0.05) is 0 Å². The minimum absolute atomic E-state index is 1.14. The van der Waals surface area contributed by atoms with Crippen LogP contribution in [0.2, 0.25) is 13.3 Å². The summed E-state index contributed by atoms with van der Waals surface area (Å²) in [6.45, 7) is 6.95. The number of para-hydroxylation sites is 1. The molecule has 0 atom stereocenters. The van der Waals surface area contributed by atoms with Crippen LogP contribution >= 0.6 is 0 Å².